The number of thiocarbonyl (C=S) groups is 1. The molecule has 0 atom stereocenters. The quantitative estimate of drug-likeness (QED) is 0.451. The van der Waals surface area contributed by atoms with Crippen LogP contribution in [0.5, 0.6) is 0 Å². The molecule has 0 fully saturated rings. The van der Waals surface area contributed by atoms with Crippen LogP contribution in [0.15, 0.2) is 17.3 Å². The maximum absolute atomic E-state index is 4.83. The van der Waals surface area contributed by atoms with Gasteiger partial charge in [-0.05, 0) is 18.3 Å². The van der Waals surface area contributed by atoms with Gasteiger partial charge >= 0.3 is 0 Å². The number of rotatable bonds is 0. The van der Waals surface area contributed by atoms with Crippen LogP contribution in [0.25, 0.3) is 0 Å². The Morgan fingerprint density at radius 1 is 1.75 bits per heavy atom. The number of aliphatic imine (C=N–C) groups is 1. The van der Waals surface area contributed by atoms with E-state index in [1.807, 2.05) is 0 Å². The van der Waals surface area contributed by atoms with Crippen LogP contribution in [0, 0.1) is 0 Å². The van der Waals surface area contributed by atoms with Crippen molar-refractivity contribution in [1.29, 1.82) is 0 Å². The van der Waals surface area contributed by atoms with E-state index in [2.05, 4.69) is 4.99 Å². The van der Waals surface area contributed by atoms with Crippen LogP contribution in [0.2, 0.25) is 0 Å². The van der Waals surface area contributed by atoms with Crippen molar-refractivity contribution in [3.63, 3.8) is 0 Å². The van der Waals surface area contributed by atoms with Gasteiger partial charge < -0.3 is 4.74 Å². The Morgan fingerprint density at radius 2 is 2.62 bits per heavy atom. The lowest BCUT2D eigenvalue weighted by Gasteiger charge is -1.92. The second-order valence-electron chi connectivity index (χ2n) is 1.31. The van der Waals surface area contributed by atoms with Gasteiger partial charge in [-0.15, -0.1) is 0 Å². The van der Waals surface area contributed by atoms with Gasteiger partial charge in [-0.25, -0.2) is 0 Å². The molecule has 0 aliphatic carbocycles. The number of nitrogens with zero attached hydrogens (tertiary/aromatic N) is 1. The molecule has 0 saturated carbocycles. The standard InChI is InChI=1S/C5H5NOS/c8-5-4-6-2-1-3-7-5/h1-3H,4H2. The van der Waals surface area contributed by atoms with E-state index in [1.54, 1.807) is 12.3 Å². The van der Waals surface area contributed by atoms with Gasteiger partial charge in [0.15, 0.2) is 5.05 Å². The van der Waals surface area contributed by atoms with Crippen molar-refractivity contribution in [1.82, 2.24) is 0 Å². The molecule has 0 aromatic rings. The molecule has 2 nitrogen and oxygen atoms in total. The molecule has 0 bridgehead atoms. The summed E-state index contributed by atoms with van der Waals surface area (Å²) in [5.74, 6) is 0. The van der Waals surface area contributed by atoms with Crippen LogP contribution in [-0.4, -0.2) is 17.8 Å². The third kappa shape index (κ3) is 1.42. The topological polar surface area (TPSA) is 21.6 Å². The largest absolute Gasteiger partial charge is 0.456 e. The molecule has 0 N–H and O–H groups in total. The summed E-state index contributed by atoms with van der Waals surface area (Å²) in [7, 11) is 0. The van der Waals surface area contributed by atoms with Gasteiger partial charge in [0, 0.05) is 6.21 Å². The van der Waals surface area contributed by atoms with E-state index in [0.717, 1.165) is 0 Å². The third-order valence-corrected chi connectivity index (χ3v) is 0.915. The summed E-state index contributed by atoms with van der Waals surface area (Å²) in [6, 6.07) is 0. The molecular formula is C5H5NOS. The summed E-state index contributed by atoms with van der Waals surface area (Å²) < 4.78 is 4.83. The minimum Gasteiger partial charge on any atom is -0.456 e. The van der Waals surface area contributed by atoms with Crippen LogP contribution in [0.3, 0.4) is 0 Å². The van der Waals surface area contributed by atoms with Crippen molar-refractivity contribution in [2.75, 3.05) is 6.54 Å². The van der Waals surface area contributed by atoms with Crippen LogP contribution < -0.4 is 0 Å². The molecular weight excluding hydrogens is 122 g/mol. The van der Waals surface area contributed by atoms with E-state index < -0.39 is 0 Å². The Morgan fingerprint density at radius 3 is 3.50 bits per heavy atom. The Bertz CT molecular complexity index is 135. The van der Waals surface area contributed by atoms with Gasteiger partial charge in [0.25, 0.3) is 0 Å². The summed E-state index contributed by atoms with van der Waals surface area (Å²) >= 11 is 4.71. The second-order valence-corrected chi connectivity index (χ2v) is 1.76. The van der Waals surface area contributed by atoms with E-state index in [9.17, 15) is 0 Å². The molecule has 0 aromatic heterocycles. The minimum atomic E-state index is 0.502. The highest BCUT2D eigenvalue weighted by Crippen LogP contribution is 1.88. The first kappa shape index (κ1) is 5.44. The van der Waals surface area contributed by atoms with E-state index in [1.165, 1.54) is 6.26 Å². The van der Waals surface area contributed by atoms with Crippen LogP contribution >= 0.6 is 12.2 Å². The van der Waals surface area contributed by atoms with Gasteiger partial charge in [0.1, 0.15) is 6.54 Å². The Labute approximate surface area is 52.9 Å². The zero-order valence-electron chi connectivity index (χ0n) is 4.20. The Kier molecular flexibility index (Phi) is 1.75. The number of hydrogen-bond acceptors (Lipinski definition) is 3. The molecule has 42 valence electrons. The van der Waals surface area contributed by atoms with Gasteiger partial charge in [-0.2, -0.15) is 0 Å². The number of hydrogen-bond donors (Lipinski definition) is 0. The van der Waals surface area contributed by atoms with Crippen molar-refractivity contribution >= 4 is 23.5 Å². The highest BCUT2D eigenvalue weighted by atomic mass is 32.1. The summed E-state index contributed by atoms with van der Waals surface area (Å²) in [6.07, 6.45) is 4.90. The summed E-state index contributed by atoms with van der Waals surface area (Å²) in [5.41, 5.74) is 0. The maximum Gasteiger partial charge on any atom is 0.187 e. The number of ether oxygens (including phenoxy) is 1. The second kappa shape index (κ2) is 2.57. The smallest absolute Gasteiger partial charge is 0.187 e. The normalized spacial score (nSPS) is 17.8. The zero-order chi connectivity index (χ0) is 5.82. The van der Waals surface area contributed by atoms with E-state index in [0.29, 0.717) is 11.6 Å². The lowest BCUT2D eigenvalue weighted by molar-refractivity contribution is 0.480. The van der Waals surface area contributed by atoms with Crippen LogP contribution in [-0.2, 0) is 4.74 Å². The van der Waals surface area contributed by atoms with Gasteiger partial charge in [0.05, 0.1) is 6.26 Å². The first-order valence-electron chi connectivity index (χ1n) is 2.24. The fourth-order valence-corrected chi connectivity index (χ4v) is 0.506. The fraction of sp³-hybridized carbons (Fsp3) is 0.200. The molecule has 1 aliphatic heterocycles. The zero-order valence-corrected chi connectivity index (χ0v) is 5.02. The van der Waals surface area contributed by atoms with Crippen molar-refractivity contribution in [2.24, 2.45) is 4.99 Å². The lowest BCUT2D eigenvalue weighted by Crippen LogP contribution is -1.97. The molecule has 0 radical (unpaired) electrons. The third-order valence-electron chi connectivity index (χ3n) is 0.690. The van der Waals surface area contributed by atoms with Crippen molar-refractivity contribution in [3.8, 4) is 0 Å². The molecule has 1 heterocycles. The molecule has 0 aromatic carbocycles. The van der Waals surface area contributed by atoms with Gasteiger partial charge in [-0.3, -0.25) is 4.99 Å². The fourth-order valence-electron chi connectivity index (χ4n) is 0.376. The van der Waals surface area contributed by atoms with Crippen molar-refractivity contribution in [2.45, 2.75) is 0 Å². The first-order valence-corrected chi connectivity index (χ1v) is 2.65. The lowest BCUT2D eigenvalue weighted by atomic mass is 10.7. The average molecular weight is 127 g/mol. The van der Waals surface area contributed by atoms with Gasteiger partial charge in [-0.1, -0.05) is 0 Å². The van der Waals surface area contributed by atoms with E-state index >= 15 is 0 Å². The molecule has 0 amide bonds. The average Bonchev–Trinajstić information content (AvgIpc) is 1.94. The maximum atomic E-state index is 4.83. The first-order chi connectivity index (χ1) is 3.89. The Balaban J connectivity index is 2.58. The molecule has 8 heavy (non-hydrogen) atoms. The number of allylic oxidation sites excluding steroid dienone is 1. The molecule has 3 heteroatoms. The van der Waals surface area contributed by atoms with Crippen molar-refractivity contribution < 1.29 is 4.74 Å². The molecule has 1 rings (SSSR count). The summed E-state index contributed by atoms with van der Waals surface area (Å²) in [5, 5.41) is 0.523. The van der Waals surface area contributed by atoms with E-state index in [4.69, 9.17) is 17.0 Å². The van der Waals surface area contributed by atoms with Crippen molar-refractivity contribution in [3.05, 3.63) is 12.3 Å². The Hall–Kier alpha value is -0.700. The predicted octanol–water partition coefficient (Wildman–Crippen LogP) is 0.928. The molecule has 0 saturated heterocycles. The van der Waals surface area contributed by atoms with Crippen LogP contribution in [0.1, 0.15) is 0 Å². The summed E-state index contributed by atoms with van der Waals surface area (Å²) in [4.78, 5) is 3.87. The molecule has 1 aliphatic rings. The molecule has 0 spiro atoms. The summed E-state index contributed by atoms with van der Waals surface area (Å²) in [6.45, 7) is 0.502. The molecule has 0 unspecified atom stereocenters. The predicted molar refractivity (Wildman–Crippen MR) is 36.2 cm³/mol. The highest BCUT2D eigenvalue weighted by molar-refractivity contribution is 7.80. The monoisotopic (exact) mass is 127 g/mol. The van der Waals surface area contributed by atoms with E-state index in [-0.39, 0.29) is 0 Å². The van der Waals surface area contributed by atoms with Crippen LogP contribution in [0.4, 0.5) is 0 Å². The minimum absolute atomic E-state index is 0.502. The highest BCUT2D eigenvalue weighted by Gasteiger charge is 1.92. The van der Waals surface area contributed by atoms with Gasteiger partial charge in [0.2, 0.25) is 0 Å². The SMILES string of the molecule is S=C1CN=CC=CO1.